The van der Waals surface area contributed by atoms with Crippen LogP contribution in [0.1, 0.15) is 92.4 Å². The molecular formula is C26H44O7. The Labute approximate surface area is 198 Å². The number of allylic oxidation sites excluding steroid dienone is 1. The lowest BCUT2D eigenvalue weighted by Gasteiger charge is -2.17. The molecule has 3 N–H and O–H groups in total. The molecule has 0 saturated carbocycles. The summed E-state index contributed by atoms with van der Waals surface area (Å²) < 4.78 is 9.78. The highest BCUT2D eigenvalue weighted by atomic mass is 16.6. The summed E-state index contributed by atoms with van der Waals surface area (Å²) in [5.41, 5.74) is 0.829. The second-order valence-electron chi connectivity index (χ2n) is 10.1. The molecule has 190 valence electrons. The maximum atomic E-state index is 12.2. The third kappa shape index (κ3) is 11.2. The van der Waals surface area contributed by atoms with Gasteiger partial charge >= 0.3 is 11.9 Å². The van der Waals surface area contributed by atoms with E-state index >= 15 is 0 Å². The number of hydrogen-bond donors (Lipinski definition) is 3. The van der Waals surface area contributed by atoms with E-state index in [0.29, 0.717) is 5.92 Å². The van der Waals surface area contributed by atoms with Crippen LogP contribution in [0.4, 0.5) is 0 Å². The van der Waals surface area contributed by atoms with Gasteiger partial charge in [-0.15, -0.1) is 0 Å². The van der Waals surface area contributed by atoms with E-state index in [2.05, 4.69) is 27.7 Å². The molecule has 1 aliphatic heterocycles. The summed E-state index contributed by atoms with van der Waals surface area (Å²) in [7, 11) is 0. The van der Waals surface area contributed by atoms with E-state index < -0.39 is 42.3 Å². The minimum atomic E-state index is -1.49. The molecule has 0 fully saturated rings. The number of carbonyl (C=O) groups is 2. The van der Waals surface area contributed by atoms with Crippen molar-refractivity contribution >= 4 is 11.9 Å². The summed E-state index contributed by atoms with van der Waals surface area (Å²) in [6.07, 6.45) is 8.93. The zero-order valence-electron chi connectivity index (χ0n) is 21.0. The summed E-state index contributed by atoms with van der Waals surface area (Å²) in [6, 6.07) is 0. The van der Waals surface area contributed by atoms with Crippen molar-refractivity contribution in [3.8, 4) is 0 Å². The van der Waals surface area contributed by atoms with Gasteiger partial charge in [0.05, 0.1) is 6.61 Å². The standard InChI is InChI=1S/C26H44O7/c1-17(2)9-6-10-18(3)11-7-12-19(4)13-8-14-20(5)15-22(29)32-25-23(30)26(31)33-24(25)21(28)16-27/h15,17-19,21,24,27-28,30H,6-14,16H2,1-5H3/t18?,19?,21-,24+/m0/s1. The SMILES string of the molecule is CC(=CC(=O)OC1=C(O)C(=O)O[C@@H]1[C@@H](O)CO)CCCC(C)CCCC(C)CCCC(C)C. The Kier molecular flexibility index (Phi) is 13.4. The topological polar surface area (TPSA) is 113 Å². The van der Waals surface area contributed by atoms with Crippen LogP contribution in [0, 0.1) is 17.8 Å². The Hall–Kier alpha value is -1.86. The minimum Gasteiger partial charge on any atom is -0.499 e. The molecule has 33 heavy (non-hydrogen) atoms. The second kappa shape index (κ2) is 15.1. The lowest BCUT2D eigenvalue weighted by atomic mass is 9.91. The maximum Gasteiger partial charge on any atom is 0.378 e. The monoisotopic (exact) mass is 468 g/mol. The molecule has 0 spiro atoms. The van der Waals surface area contributed by atoms with Crippen LogP contribution in [-0.4, -0.2) is 46.1 Å². The minimum absolute atomic E-state index is 0.470. The summed E-state index contributed by atoms with van der Waals surface area (Å²) in [6.45, 7) is 10.3. The molecule has 1 aliphatic rings. The van der Waals surface area contributed by atoms with Crippen LogP contribution in [0.25, 0.3) is 0 Å². The molecule has 0 amide bonds. The molecule has 7 heteroatoms. The fourth-order valence-corrected chi connectivity index (χ4v) is 4.03. The number of ether oxygens (including phenoxy) is 2. The van der Waals surface area contributed by atoms with Gasteiger partial charge in [-0.2, -0.15) is 0 Å². The Balaban J connectivity index is 2.33. The van der Waals surface area contributed by atoms with Crippen molar-refractivity contribution in [2.75, 3.05) is 6.61 Å². The van der Waals surface area contributed by atoms with Crippen molar-refractivity contribution in [1.82, 2.24) is 0 Å². The first-order valence-electron chi connectivity index (χ1n) is 12.4. The number of cyclic esters (lactones) is 1. The van der Waals surface area contributed by atoms with Crippen molar-refractivity contribution in [3.63, 3.8) is 0 Å². The van der Waals surface area contributed by atoms with Gasteiger partial charge < -0.3 is 24.8 Å². The third-order valence-corrected chi connectivity index (χ3v) is 6.17. The number of esters is 2. The highest BCUT2D eigenvalue weighted by Gasteiger charge is 2.41. The van der Waals surface area contributed by atoms with Crippen molar-refractivity contribution in [2.45, 2.75) is 105 Å². The lowest BCUT2D eigenvalue weighted by molar-refractivity contribution is -0.150. The normalized spacial score (nSPS) is 19.6. The van der Waals surface area contributed by atoms with E-state index in [1.807, 2.05) is 6.92 Å². The maximum absolute atomic E-state index is 12.2. The van der Waals surface area contributed by atoms with Gasteiger partial charge in [0.1, 0.15) is 6.10 Å². The van der Waals surface area contributed by atoms with Gasteiger partial charge in [-0.3, -0.25) is 0 Å². The van der Waals surface area contributed by atoms with E-state index in [-0.39, 0.29) is 0 Å². The average molecular weight is 469 g/mol. The van der Waals surface area contributed by atoms with Crippen molar-refractivity contribution in [1.29, 1.82) is 0 Å². The molecule has 0 bridgehead atoms. The molecule has 1 heterocycles. The zero-order valence-corrected chi connectivity index (χ0v) is 21.0. The summed E-state index contributed by atoms with van der Waals surface area (Å²) in [4.78, 5) is 23.7. The predicted molar refractivity (Wildman–Crippen MR) is 127 cm³/mol. The molecule has 0 aliphatic carbocycles. The van der Waals surface area contributed by atoms with E-state index in [1.54, 1.807) is 0 Å². The van der Waals surface area contributed by atoms with Crippen LogP contribution in [0.2, 0.25) is 0 Å². The van der Waals surface area contributed by atoms with Crippen LogP contribution in [-0.2, 0) is 19.1 Å². The van der Waals surface area contributed by atoms with Gasteiger partial charge in [-0.25, -0.2) is 9.59 Å². The number of carbonyl (C=O) groups excluding carboxylic acids is 2. The molecule has 7 nitrogen and oxygen atoms in total. The van der Waals surface area contributed by atoms with E-state index in [9.17, 15) is 19.8 Å². The van der Waals surface area contributed by atoms with Crippen molar-refractivity contribution in [2.24, 2.45) is 17.8 Å². The molecule has 0 aromatic carbocycles. The number of aliphatic hydroxyl groups excluding tert-OH is 3. The Morgan fingerprint density at radius 2 is 1.58 bits per heavy atom. The average Bonchev–Trinajstić information content (AvgIpc) is 3.01. The first-order chi connectivity index (χ1) is 15.5. The molecular weight excluding hydrogens is 424 g/mol. The zero-order chi connectivity index (χ0) is 25.0. The summed E-state index contributed by atoms with van der Waals surface area (Å²) >= 11 is 0. The Morgan fingerprint density at radius 1 is 1.03 bits per heavy atom. The van der Waals surface area contributed by atoms with Crippen molar-refractivity contribution in [3.05, 3.63) is 23.2 Å². The van der Waals surface area contributed by atoms with E-state index in [1.165, 1.54) is 44.6 Å². The quantitative estimate of drug-likeness (QED) is 0.217. The largest absolute Gasteiger partial charge is 0.499 e. The molecule has 0 aromatic rings. The van der Waals surface area contributed by atoms with Gasteiger partial charge in [0.25, 0.3) is 0 Å². The number of aliphatic hydroxyl groups is 3. The van der Waals surface area contributed by atoms with Gasteiger partial charge in [0.15, 0.2) is 6.10 Å². The van der Waals surface area contributed by atoms with Crippen LogP contribution in [0.3, 0.4) is 0 Å². The summed E-state index contributed by atoms with van der Waals surface area (Å²) in [5.74, 6) is -0.982. The first kappa shape index (κ1) is 29.2. The highest BCUT2D eigenvalue weighted by molar-refractivity contribution is 5.91. The molecule has 0 radical (unpaired) electrons. The van der Waals surface area contributed by atoms with Crippen molar-refractivity contribution < 1.29 is 34.4 Å². The fraction of sp³-hybridized carbons (Fsp3) is 0.769. The Bertz CT molecular complexity index is 680. The lowest BCUT2D eigenvalue weighted by Crippen LogP contribution is -2.33. The summed E-state index contributed by atoms with van der Waals surface area (Å²) in [5, 5.41) is 28.5. The predicted octanol–water partition coefficient (Wildman–Crippen LogP) is 4.96. The highest BCUT2D eigenvalue weighted by Crippen LogP contribution is 2.26. The van der Waals surface area contributed by atoms with E-state index in [4.69, 9.17) is 14.6 Å². The smallest absolute Gasteiger partial charge is 0.378 e. The van der Waals surface area contributed by atoms with E-state index in [0.717, 1.165) is 36.7 Å². The molecule has 4 atom stereocenters. The molecule has 1 rings (SSSR count). The van der Waals surface area contributed by atoms with Gasteiger partial charge in [0.2, 0.25) is 11.5 Å². The second-order valence-corrected chi connectivity index (χ2v) is 10.1. The number of hydrogen-bond acceptors (Lipinski definition) is 7. The first-order valence-corrected chi connectivity index (χ1v) is 12.4. The fourth-order valence-electron chi connectivity index (χ4n) is 4.03. The Morgan fingerprint density at radius 3 is 2.12 bits per heavy atom. The van der Waals surface area contributed by atoms with Gasteiger partial charge in [-0.05, 0) is 37.5 Å². The van der Waals surface area contributed by atoms with Crippen LogP contribution in [0.5, 0.6) is 0 Å². The van der Waals surface area contributed by atoms with Crippen LogP contribution < -0.4 is 0 Å². The number of rotatable bonds is 16. The third-order valence-electron chi connectivity index (χ3n) is 6.17. The van der Waals surface area contributed by atoms with Crippen LogP contribution >= 0.6 is 0 Å². The van der Waals surface area contributed by atoms with Gasteiger partial charge in [-0.1, -0.05) is 78.2 Å². The molecule has 0 aromatic heterocycles. The van der Waals surface area contributed by atoms with Crippen LogP contribution in [0.15, 0.2) is 23.2 Å². The van der Waals surface area contributed by atoms with Gasteiger partial charge in [0, 0.05) is 6.08 Å². The molecule has 0 saturated heterocycles. The molecule has 2 unspecified atom stereocenters.